The van der Waals surface area contributed by atoms with Crippen molar-refractivity contribution in [2.75, 3.05) is 63.9 Å². The van der Waals surface area contributed by atoms with E-state index in [9.17, 15) is 28.8 Å². The Morgan fingerprint density at radius 3 is 2.09 bits per heavy atom. The molecule has 22 heteroatoms. The molecule has 0 aliphatic carbocycles. The molecule has 1 fully saturated rings. The summed E-state index contributed by atoms with van der Waals surface area (Å²) in [5, 5.41) is 28.0. The van der Waals surface area contributed by atoms with Crippen LogP contribution in [-0.2, 0) is 28.8 Å². The van der Waals surface area contributed by atoms with E-state index in [1.54, 1.807) is 37.8 Å². The van der Waals surface area contributed by atoms with Crippen molar-refractivity contribution in [3.8, 4) is 0 Å². The molecular formula is C45H74N12O6S4. The van der Waals surface area contributed by atoms with Crippen molar-refractivity contribution >= 4 is 88.4 Å². The number of amides is 6. The number of likely N-dealkylation sites (N-methyl/N-ethyl adjacent to an activating group) is 2. The van der Waals surface area contributed by atoms with E-state index in [-0.39, 0.29) is 59.8 Å². The highest BCUT2D eigenvalue weighted by Crippen LogP contribution is 2.32. The average molecular weight is 1010 g/mol. The predicted molar refractivity (Wildman–Crippen MR) is 278 cm³/mol. The number of rotatable bonds is 25. The van der Waals surface area contributed by atoms with Gasteiger partial charge in [0.25, 0.3) is 0 Å². The molecule has 1 saturated heterocycles. The average Bonchev–Trinajstić information content (AvgIpc) is 3.84. The lowest BCUT2D eigenvalue weighted by molar-refractivity contribution is -0.140. The van der Waals surface area contributed by atoms with Gasteiger partial charge in [0.2, 0.25) is 35.4 Å². The van der Waals surface area contributed by atoms with E-state index in [2.05, 4.69) is 69.5 Å². The maximum absolute atomic E-state index is 13.3. The second-order valence-electron chi connectivity index (χ2n) is 14.5. The van der Waals surface area contributed by atoms with Gasteiger partial charge in [-0.3, -0.25) is 28.8 Å². The Bertz CT molecular complexity index is 1850. The Morgan fingerprint density at radius 2 is 1.52 bits per heavy atom. The van der Waals surface area contributed by atoms with Crippen LogP contribution in [0.15, 0.2) is 78.4 Å². The second kappa shape index (κ2) is 35.9. The van der Waals surface area contributed by atoms with E-state index < -0.39 is 24.2 Å². The van der Waals surface area contributed by atoms with Gasteiger partial charge in [0.1, 0.15) is 34.6 Å². The number of benzene rings is 1. The van der Waals surface area contributed by atoms with Crippen molar-refractivity contribution in [3.63, 3.8) is 0 Å². The zero-order valence-electron chi connectivity index (χ0n) is 41.0. The fraction of sp³-hybridized carbons (Fsp3) is 0.600. The number of carbonyl (C=O) groups is 6. The van der Waals surface area contributed by atoms with Gasteiger partial charge in [-0.25, -0.2) is 0 Å². The van der Waals surface area contributed by atoms with Crippen LogP contribution in [-0.4, -0.2) is 134 Å². The zero-order valence-corrected chi connectivity index (χ0v) is 44.2. The zero-order chi connectivity index (χ0) is 50.1. The van der Waals surface area contributed by atoms with Crippen LogP contribution >= 0.6 is 47.4 Å². The molecule has 1 aromatic carbocycles. The second-order valence-corrected chi connectivity index (χ2v) is 18.5. The van der Waals surface area contributed by atoms with Crippen molar-refractivity contribution in [2.24, 2.45) is 25.2 Å². The minimum Gasteiger partial charge on any atom is -0.343 e. The van der Waals surface area contributed by atoms with Gasteiger partial charge < -0.3 is 42.1 Å². The minimum absolute atomic E-state index is 0.0324. The first kappa shape index (κ1) is 60.8. The molecule has 67 heavy (non-hydrogen) atoms. The molecule has 6 atom stereocenters. The van der Waals surface area contributed by atoms with Crippen LogP contribution in [0.25, 0.3) is 5.57 Å². The van der Waals surface area contributed by atoms with Crippen LogP contribution < -0.4 is 37.2 Å². The summed E-state index contributed by atoms with van der Waals surface area (Å²) in [7, 11) is 4.91. The summed E-state index contributed by atoms with van der Waals surface area (Å²) in [5.41, 5.74) is 2.95. The molecule has 3 rings (SSSR count). The highest BCUT2D eigenvalue weighted by Gasteiger charge is 2.38. The molecule has 2 aliphatic rings. The predicted octanol–water partition coefficient (Wildman–Crippen LogP) is 5.69. The Hall–Kier alpha value is -4.22. The summed E-state index contributed by atoms with van der Waals surface area (Å²) in [6.45, 7) is 16.3. The van der Waals surface area contributed by atoms with E-state index in [1.807, 2.05) is 91.0 Å². The standard InChI is InChI=1S/C23H42N6O3S2.C20H26N6O3S2.C2H6/c1-8-12-17(13-9-2)16(5)23(34-29-25-7)28-22(32)19(15-33-11-4)27-21(31)18(10-3)26-20(30)14-24-6;1-3-15(23-17(27)10-21-2)20(29)26-12-30-11-16(26)18(28)24-19-14(9-22-25-31-19)13-7-5-4-6-8-13;1-2/h8,12-13,16,18-19,23-24H,9-11,14-15H2,1-7H3,(H,26,30)(H,27,31)(H,28,32);4-8,15-16,21H,3,9-12H2,1-2H3,(H,23,27)(H,24,28);1-2H3/b12-8-,17-13+,29-25?;;/t16?,18-,19-,23?;15-,16-;/m00./s1. The number of hydrogen-bond donors (Lipinski definition) is 7. The third kappa shape index (κ3) is 21.7. The van der Waals surface area contributed by atoms with E-state index in [0.717, 1.165) is 40.8 Å². The number of allylic oxidation sites excluding steroid dienone is 3. The largest absolute Gasteiger partial charge is 0.343 e. The van der Waals surface area contributed by atoms with Gasteiger partial charge in [-0.1, -0.05) is 97.0 Å². The topological polar surface area (TPSA) is 239 Å². The monoisotopic (exact) mass is 1010 g/mol. The van der Waals surface area contributed by atoms with E-state index >= 15 is 0 Å². The van der Waals surface area contributed by atoms with Crippen molar-refractivity contribution in [1.29, 1.82) is 0 Å². The van der Waals surface area contributed by atoms with Gasteiger partial charge in [0.15, 0.2) is 0 Å². The first-order chi connectivity index (χ1) is 32.3. The Labute approximate surface area is 415 Å². The van der Waals surface area contributed by atoms with Gasteiger partial charge in [0, 0.05) is 42.0 Å². The van der Waals surface area contributed by atoms with Crippen LogP contribution in [0.2, 0.25) is 0 Å². The van der Waals surface area contributed by atoms with E-state index in [4.69, 9.17) is 0 Å². The lowest BCUT2D eigenvalue weighted by Crippen LogP contribution is -2.56. The summed E-state index contributed by atoms with van der Waals surface area (Å²) >= 11 is 5.39. The van der Waals surface area contributed by atoms with Gasteiger partial charge in [-0.2, -0.15) is 22.0 Å². The molecule has 1 aromatic rings. The molecule has 7 N–H and O–H groups in total. The Balaban J connectivity index is 0.000000647. The molecule has 374 valence electrons. The molecule has 2 aliphatic heterocycles. The molecule has 6 amide bonds. The summed E-state index contributed by atoms with van der Waals surface area (Å²) in [4.78, 5) is 77.7. The quantitative estimate of drug-likeness (QED) is 0.0271. The van der Waals surface area contributed by atoms with Gasteiger partial charge in [-0.15, -0.1) is 20.8 Å². The van der Waals surface area contributed by atoms with Crippen molar-refractivity contribution in [1.82, 2.24) is 42.1 Å². The van der Waals surface area contributed by atoms with Gasteiger partial charge in [0.05, 0.1) is 37.5 Å². The summed E-state index contributed by atoms with van der Waals surface area (Å²) in [6.07, 6.45) is 7.86. The Kier molecular flexibility index (Phi) is 32.5. The molecule has 0 bridgehead atoms. The first-order valence-electron chi connectivity index (χ1n) is 22.7. The highest BCUT2D eigenvalue weighted by atomic mass is 32.2. The van der Waals surface area contributed by atoms with Gasteiger partial charge >= 0.3 is 0 Å². The van der Waals surface area contributed by atoms with Crippen molar-refractivity contribution in [2.45, 2.75) is 104 Å². The molecule has 0 radical (unpaired) electrons. The lowest BCUT2D eigenvalue weighted by Gasteiger charge is -2.28. The molecule has 0 aromatic heterocycles. The molecular weight excluding hydrogens is 933 g/mol. The fourth-order valence-electron chi connectivity index (χ4n) is 6.31. The molecule has 2 unspecified atom stereocenters. The summed E-state index contributed by atoms with van der Waals surface area (Å²) in [6, 6.07) is 6.98. The number of carbonyl (C=O) groups excluding carboxylic acids is 6. The van der Waals surface area contributed by atoms with Crippen molar-refractivity contribution in [3.05, 3.63) is 64.7 Å². The third-order valence-electron chi connectivity index (χ3n) is 9.72. The van der Waals surface area contributed by atoms with Crippen molar-refractivity contribution < 1.29 is 28.8 Å². The number of hydrogen-bond acceptors (Lipinski definition) is 16. The SMILES string of the molecule is C/C=C\C(=C/CC)C(C)C(NC(=O)[C@H](CSCC)NC(=O)[C@H](CC)NC(=O)CNC)SN=NC.CC.CC[C@H](NC(=O)CNC)C(=O)N1CSC[C@H]1C(=O)NC1=C(c2ccccc2)CN=NS1. The van der Waals surface area contributed by atoms with Crippen LogP contribution in [0.1, 0.15) is 80.2 Å². The number of nitrogens with one attached hydrogen (secondary N) is 7. The molecule has 18 nitrogen and oxygen atoms in total. The summed E-state index contributed by atoms with van der Waals surface area (Å²) < 4.78 is 8.04. The molecule has 0 spiro atoms. The van der Waals surface area contributed by atoms with E-state index in [1.165, 1.54) is 23.7 Å². The van der Waals surface area contributed by atoms with Crippen LogP contribution in [0, 0.1) is 5.92 Å². The highest BCUT2D eigenvalue weighted by molar-refractivity contribution is 8.02. The molecule has 0 saturated carbocycles. The maximum atomic E-state index is 13.3. The number of nitrogens with zero attached hydrogens (tertiary/aromatic N) is 5. The molecule has 2 heterocycles. The third-order valence-corrected chi connectivity index (χ3v) is 13.5. The van der Waals surface area contributed by atoms with Crippen LogP contribution in [0.5, 0.6) is 0 Å². The van der Waals surface area contributed by atoms with Crippen LogP contribution in [0.4, 0.5) is 0 Å². The van der Waals surface area contributed by atoms with Gasteiger partial charge in [-0.05, 0) is 57.2 Å². The van der Waals surface area contributed by atoms with Crippen LogP contribution in [0.3, 0.4) is 0 Å². The Morgan fingerprint density at radius 1 is 0.896 bits per heavy atom. The first-order valence-corrected chi connectivity index (χ1v) is 26.6. The summed E-state index contributed by atoms with van der Waals surface area (Å²) in [5.74, 6) is 0.392. The normalized spacial score (nSPS) is 17.0. The lowest BCUT2D eigenvalue weighted by atomic mass is 9.99. The minimum atomic E-state index is -0.748. The van der Waals surface area contributed by atoms with E-state index in [0.29, 0.717) is 41.8 Å². The fourth-order valence-corrected chi connectivity index (χ4v) is 9.52. The smallest absolute Gasteiger partial charge is 0.248 e. The maximum Gasteiger partial charge on any atom is 0.248 e. The number of thioether (sulfide) groups is 2.